The average molecular weight is 302 g/mol. The summed E-state index contributed by atoms with van der Waals surface area (Å²) in [7, 11) is 0. The van der Waals surface area contributed by atoms with E-state index in [9.17, 15) is 4.39 Å². The van der Waals surface area contributed by atoms with Crippen LogP contribution in [0.5, 0.6) is 0 Å². The van der Waals surface area contributed by atoms with Gasteiger partial charge in [0.1, 0.15) is 5.83 Å². The minimum Gasteiger partial charge on any atom is -0.384 e. The summed E-state index contributed by atoms with van der Waals surface area (Å²) >= 11 is 0. The maximum atomic E-state index is 12.7. The first kappa shape index (κ1) is 19.8. The van der Waals surface area contributed by atoms with Crippen molar-refractivity contribution in [3.63, 3.8) is 0 Å². The van der Waals surface area contributed by atoms with Crippen molar-refractivity contribution in [2.75, 3.05) is 6.54 Å². The highest BCUT2D eigenvalue weighted by Crippen LogP contribution is 2.09. The third kappa shape index (κ3) is 8.90. The van der Waals surface area contributed by atoms with Gasteiger partial charge in [0.2, 0.25) is 0 Å². The van der Waals surface area contributed by atoms with E-state index in [4.69, 9.17) is 0 Å². The van der Waals surface area contributed by atoms with Gasteiger partial charge in [-0.25, -0.2) is 4.39 Å². The van der Waals surface area contributed by atoms with Gasteiger partial charge in [0.15, 0.2) is 0 Å². The zero-order valence-electron chi connectivity index (χ0n) is 14.2. The van der Waals surface area contributed by atoms with Crippen molar-refractivity contribution in [2.45, 2.75) is 34.1 Å². The predicted molar refractivity (Wildman–Crippen MR) is 96.6 cm³/mol. The molecule has 22 heavy (non-hydrogen) atoms. The molecular weight excluding hydrogens is 275 g/mol. The van der Waals surface area contributed by atoms with E-state index in [1.165, 1.54) is 6.08 Å². The number of halogens is 1. The number of aliphatic imine (C=N–C) groups is 1. The summed E-state index contributed by atoms with van der Waals surface area (Å²) < 4.78 is 12.7. The van der Waals surface area contributed by atoms with Crippen LogP contribution in [0.4, 0.5) is 4.39 Å². The summed E-state index contributed by atoms with van der Waals surface area (Å²) in [6.45, 7) is 19.3. The SMILES string of the molecule is C=C/C(=C\C(=C)F)CNC(=C)C/C(C)=C/N=C(C)/C(C)=C/C. The van der Waals surface area contributed by atoms with E-state index in [0.717, 1.165) is 28.1 Å². The van der Waals surface area contributed by atoms with E-state index < -0.39 is 5.83 Å². The largest absolute Gasteiger partial charge is 0.384 e. The minimum atomic E-state index is -0.484. The van der Waals surface area contributed by atoms with E-state index in [1.807, 2.05) is 40.0 Å². The molecule has 120 valence electrons. The maximum Gasteiger partial charge on any atom is 0.116 e. The molecule has 2 nitrogen and oxygen atoms in total. The van der Waals surface area contributed by atoms with Crippen molar-refractivity contribution in [1.82, 2.24) is 5.32 Å². The van der Waals surface area contributed by atoms with Gasteiger partial charge in [-0.1, -0.05) is 31.9 Å². The fraction of sp³-hybridized carbons (Fsp3) is 0.316. The molecule has 0 aromatic heterocycles. The lowest BCUT2D eigenvalue weighted by Crippen LogP contribution is -2.15. The lowest BCUT2D eigenvalue weighted by Gasteiger charge is -2.10. The first-order valence-corrected chi connectivity index (χ1v) is 7.22. The Morgan fingerprint density at radius 3 is 2.36 bits per heavy atom. The quantitative estimate of drug-likeness (QED) is 0.447. The van der Waals surface area contributed by atoms with Crippen LogP contribution in [0.2, 0.25) is 0 Å². The highest BCUT2D eigenvalue weighted by molar-refractivity contribution is 5.97. The molecule has 0 bridgehead atoms. The third-order valence-electron chi connectivity index (χ3n) is 3.12. The Kier molecular flexibility index (Phi) is 9.51. The Morgan fingerprint density at radius 2 is 1.86 bits per heavy atom. The number of nitrogens with zero attached hydrogens (tertiary/aromatic N) is 1. The molecule has 0 fully saturated rings. The second-order valence-corrected chi connectivity index (χ2v) is 5.17. The molecule has 0 radical (unpaired) electrons. The van der Waals surface area contributed by atoms with Crippen LogP contribution in [0.1, 0.15) is 34.1 Å². The van der Waals surface area contributed by atoms with Gasteiger partial charge in [0, 0.05) is 30.6 Å². The van der Waals surface area contributed by atoms with Crippen LogP contribution in [-0.4, -0.2) is 12.3 Å². The summed E-state index contributed by atoms with van der Waals surface area (Å²) in [5, 5.41) is 3.15. The molecule has 0 aliphatic carbocycles. The van der Waals surface area contributed by atoms with Crippen molar-refractivity contribution in [1.29, 1.82) is 0 Å². The van der Waals surface area contributed by atoms with Crippen LogP contribution >= 0.6 is 0 Å². The molecule has 0 saturated heterocycles. The fourth-order valence-corrected chi connectivity index (χ4v) is 1.57. The standard InChI is InChI=1S/C19H27FN2/c1-8-15(4)18(7)22-12-14(3)10-17(6)21-13-19(9-2)11-16(5)20/h8-9,11-12,21H,2,5-6,10,13H2,1,3-4,7H3/b14-12+,15-8+,19-11+,22-18+. The summed E-state index contributed by atoms with van der Waals surface area (Å²) in [4.78, 5) is 4.43. The second-order valence-electron chi connectivity index (χ2n) is 5.17. The summed E-state index contributed by atoms with van der Waals surface area (Å²) in [6.07, 6.45) is 7.52. The van der Waals surface area contributed by atoms with E-state index in [1.54, 1.807) is 6.08 Å². The van der Waals surface area contributed by atoms with E-state index in [2.05, 4.69) is 30.0 Å². The first-order chi connectivity index (χ1) is 10.3. The van der Waals surface area contributed by atoms with Crippen molar-refractivity contribution < 1.29 is 4.39 Å². The third-order valence-corrected chi connectivity index (χ3v) is 3.12. The maximum absolute atomic E-state index is 12.7. The summed E-state index contributed by atoms with van der Waals surface area (Å²) in [6, 6.07) is 0. The van der Waals surface area contributed by atoms with Crippen molar-refractivity contribution in [2.24, 2.45) is 4.99 Å². The molecule has 0 amide bonds. The van der Waals surface area contributed by atoms with Crippen LogP contribution in [0, 0.1) is 0 Å². The van der Waals surface area contributed by atoms with Gasteiger partial charge < -0.3 is 5.32 Å². The molecule has 0 atom stereocenters. The number of hydrogen-bond donors (Lipinski definition) is 1. The van der Waals surface area contributed by atoms with Gasteiger partial charge >= 0.3 is 0 Å². The highest BCUT2D eigenvalue weighted by atomic mass is 19.1. The molecule has 0 heterocycles. The molecule has 0 spiro atoms. The first-order valence-electron chi connectivity index (χ1n) is 7.22. The van der Waals surface area contributed by atoms with Crippen molar-refractivity contribution >= 4 is 5.71 Å². The number of nitrogens with one attached hydrogen (secondary N) is 1. The molecule has 0 aromatic rings. The Hall–Kier alpha value is -2.16. The van der Waals surface area contributed by atoms with Gasteiger partial charge in [-0.2, -0.15) is 0 Å². The van der Waals surface area contributed by atoms with E-state index in [-0.39, 0.29) is 0 Å². The zero-order chi connectivity index (χ0) is 17.1. The molecule has 0 rings (SSSR count). The minimum absolute atomic E-state index is 0.471. The molecule has 1 N–H and O–H groups in total. The monoisotopic (exact) mass is 302 g/mol. The van der Waals surface area contributed by atoms with Crippen LogP contribution in [0.15, 0.2) is 77.4 Å². The van der Waals surface area contributed by atoms with E-state index in [0.29, 0.717) is 13.0 Å². The lowest BCUT2D eigenvalue weighted by atomic mass is 10.1. The number of allylic oxidation sites excluding steroid dienone is 5. The Morgan fingerprint density at radius 1 is 1.23 bits per heavy atom. The molecule has 0 aromatic carbocycles. The molecular formula is C19H27FN2. The van der Waals surface area contributed by atoms with Gasteiger partial charge in [-0.15, -0.1) is 0 Å². The van der Waals surface area contributed by atoms with Crippen molar-refractivity contribution in [3.05, 3.63) is 72.4 Å². The molecule has 0 aliphatic heterocycles. The van der Waals surface area contributed by atoms with Gasteiger partial charge in [-0.3, -0.25) is 4.99 Å². The summed E-state index contributed by atoms with van der Waals surface area (Å²) in [5.41, 5.74) is 4.83. The fourth-order valence-electron chi connectivity index (χ4n) is 1.57. The lowest BCUT2D eigenvalue weighted by molar-refractivity contribution is 0.668. The Balaban J connectivity index is 4.55. The number of rotatable bonds is 9. The van der Waals surface area contributed by atoms with E-state index >= 15 is 0 Å². The van der Waals surface area contributed by atoms with Crippen LogP contribution < -0.4 is 5.32 Å². The predicted octanol–water partition coefficient (Wildman–Crippen LogP) is 5.41. The highest BCUT2D eigenvalue weighted by Gasteiger charge is 1.98. The van der Waals surface area contributed by atoms with Gasteiger partial charge in [-0.05, 0) is 50.5 Å². The summed E-state index contributed by atoms with van der Waals surface area (Å²) in [5.74, 6) is -0.484. The zero-order valence-corrected chi connectivity index (χ0v) is 14.2. The number of hydrogen-bond acceptors (Lipinski definition) is 2. The van der Waals surface area contributed by atoms with Crippen LogP contribution in [-0.2, 0) is 0 Å². The normalized spacial score (nSPS) is 13.9. The second kappa shape index (κ2) is 10.6. The molecule has 0 saturated carbocycles. The average Bonchev–Trinajstić information content (AvgIpc) is 2.47. The van der Waals surface area contributed by atoms with Gasteiger partial charge in [0.05, 0.1) is 0 Å². The van der Waals surface area contributed by atoms with Gasteiger partial charge in [0.25, 0.3) is 0 Å². The van der Waals surface area contributed by atoms with Crippen LogP contribution in [0.25, 0.3) is 0 Å². The smallest absolute Gasteiger partial charge is 0.116 e. The molecule has 0 aliphatic rings. The van der Waals surface area contributed by atoms with Crippen LogP contribution in [0.3, 0.4) is 0 Å². The van der Waals surface area contributed by atoms with Crippen molar-refractivity contribution in [3.8, 4) is 0 Å². The molecule has 3 heteroatoms. The Labute approximate surface area is 134 Å². The Bertz CT molecular complexity index is 546. The molecule has 0 unspecified atom stereocenters. The topological polar surface area (TPSA) is 24.4 Å².